The molecule has 3 rings (SSSR count). The first-order chi connectivity index (χ1) is 13.0. The second kappa shape index (κ2) is 8.38. The molecule has 1 saturated carbocycles. The van der Waals surface area contributed by atoms with E-state index in [0.717, 1.165) is 40.8 Å². The van der Waals surface area contributed by atoms with E-state index < -0.39 is 0 Å². The van der Waals surface area contributed by atoms with Gasteiger partial charge in [0.05, 0.1) is 7.11 Å². The summed E-state index contributed by atoms with van der Waals surface area (Å²) in [6, 6.07) is 14.0. The Kier molecular flexibility index (Phi) is 5.94. The third kappa shape index (κ3) is 4.97. The molecule has 4 heteroatoms. The number of carbonyl (C=O) groups is 2. The van der Waals surface area contributed by atoms with Crippen molar-refractivity contribution in [3.05, 3.63) is 64.7 Å². The van der Waals surface area contributed by atoms with E-state index in [1.165, 1.54) is 0 Å². The normalized spacial score (nSPS) is 13.3. The average molecular weight is 365 g/mol. The molecule has 0 aromatic heterocycles. The molecule has 2 aromatic carbocycles. The highest BCUT2D eigenvalue weighted by Crippen LogP contribution is 2.29. The quantitative estimate of drug-likeness (QED) is 0.649. The van der Waals surface area contributed by atoms with Gasteiger partial charge in [-0.1, -0.05) is 29.8 Å². The van der Waals surface area contributed by atoms with Crippen molar-refractivity contribution < 1.29 is 14.3 Å². The van der Waals surface area contributed by atoms with Crippen LogP contribution in [0, 0.1) is 13.8 Å². The summed E-state index contributed by atoms with van der Waals surface area (Å²) in [5.41, 5.74) is 3.84. The summed E-state index contributed by atoms with van der Waals surface area (Å²) >= 11 is 0. The van der Waals surface area contributed by atoms with Crippen molar-refractivity contribution in [3.8, 4) is 5.75 Å². The van der Waals surface area contributed by atoms with Gasteiger partial charge >= 0.3 is 0 Å². The highest BCUT2D eigenvalue weighted by molar-refractivity contribution is 5.99. The van der Waals surface area contributed by atoms with Crippen LogP contribution in [0.2, 0.25) is 0 Å². The van der Waals surface area contributed by atoms with Gasteiger partial charge in [-0.25, -0.2) is 0 Å². The Labute approximate surface area is 161 Å². The molecule has 0 unspecified atom stereocenters. The lowest BCUT2D eigenvalue weighted by molar-refractivity contribution is -0.132. The fourth-order valence-corrected chi connectivity index (χ4v) is 3.27. The van der Waals surface area contributed by atoms with E-state index in [9.17, 15) is 9.59 Å². The molecule has 0 aliphatic heterocycles. The fourth-order valence-electron chi connectivity index (χ4n) is 3.27. The zero-order valence-corrected chi connectivity index (χ0v) is 16.3. The zero-order valence-electron chi connectivity index (χ0n) is 16.3. The Hall–Kier alpha value is -2.62. The lowest BCUT2D eigenvalue weighted by Crippen LogP contribution is -2.32. The van der Waals surface area contributed by atoms with Crippen LogP contribution in [0.5, 0.6) is 5.75 Å². The van der Waals surface area contributed by atoms with Gasteiger partial charge in [0.1, 0.15) is 5.75 Å². The van der Waals surface area contributed by atoms with Crippen LogP contribution < -0.4 is 4.74 Å². The van der Waals surface area contributed by atoms with E-state index in [2.05, 4.69) is 0 Å². The minimum Gasteiger partial charge on any atom is -0.497 e. The first kappa shape index (κ1) is 19.2. The van der Waals surface area contributed by atoms with Crippen LogP contribution in [-0.4, -0.2) is 29.7 Å². The van der Waals surface area contributed by atoms with Gasteiger partial charge in [-0.15, -0.1) is 0 Å². The number of Topliss-reactive ketones (excluding diaryl/α,β-unsaturated/α-hetero) is 1. The third-order valence-electron chi connectivity index (χ3n) is 5.08. The Morgan fingerprint density at radius 2 is 1.74 bits per heavy atom. The topological polar surface area (TPSA) is 46.6 Å². The zero-order chi connectivity index (χ0) is 19.4. The number of carbonyl (C=O) groups excluding carboxylic acids is 2. The van der Waals surface area contributed by atoms with Crippen LogP contribution in [0.15, 0.2) is 42.5 Å². The van der Waals surface area contributed by atoms with Gasteiger partial charge in [0.25, 0.3) is 0 Å². The first-order valence-electron chi connectivity index (χ1n) is 9.51. The molecule has 0 saturated heterocycles. The molecule has 4 nitrogen and oxygen atoms in total. The first-order valence-corrected chi connectivity index (χ1v) is 9.51. The second-order valence-corrected chi connectivity index (χ2v) is 7.34. The number of ketones is 1. The molecule has 0 heterocycles. The molecule has 0 bridgehead atoms. The maximum Gasteiger partial charge on any atom is 0.223 e. The number of rotatable bonds is 8. The Balaban J connectivity index is 1.61. The highest BCUT2D eigenvalue weighted by atomic mass is 16.5. The summed E-state index contributed by atoms with van der Waals surface area (Å²) in [5.74, 6) is 0.916. The summed E-state index contributed by atoms with van der Waals surface area (Å²) in [7, 11) is 1.64. The van der Waals surface area contributed by atoms with Crippen LogP contribution in [0.3, 0.4) is 0 Å². The number of amides is 1. The van der Waals surface area contributed by atoms with Crippen LogP contribution in [-0.2, 0) is 11.3 Å². The molecule has 1 aliphatic carbocycles. The van der Waals surface area contributed by atoms with Gasteiger partial charge in [-0.05, 0) is 56.0 Å². The van der Waals surface area contributed by atoms with E-state index >= 15 is 0 Å². The van der Waals surface area contributed by atoms with Crippen LogP contribution in [0.25, 0.3) is 0 Å². The molecule has 27 heavy (non-hydrogen) atoms. The average Bonchev–Trinajstić information content (AvgIpc) is 3.51. The maximum atomic E-state index is 12.8. The molecule has 0 atom stereocenters. The maximum absolute atomic E-state index is 12.8. The second-order valence-electron chi connectivity index (χ2n) is 7.34. The molecular weight excluding hydrogens is 338 g/mol. The van der Waals surface area contributed by atoms with Crippen molar-refractivity contribution in [1.82, 2.24) is 4.90 Å². The predicted molar refractivity (Wildman–Crippen MR) is 106 cm³/mol. The lowest BCUT2D eigenvalue weighted by atomic mass is 9.99. The van der Waals surface area contributed by atoms with Crippen LogP contribution in [0.1, 0.15) is 52.7 Å². The van der Waals surface area contributed by atoms with Crippen molar-refractivity contribution in [2.45, 2.75) is 52.1 Å². The van der Waals surface area contributed by atoms with Crippen molar-refractivity contribution in [1.29, 1.82) is 0 Å². The Morgan fingerprint density at radius 1 is 1.04 bits per heavy atom. The van der Waals surface area contributed by atoms with E-state index in [4.69, 9.17) is 4.74 Å². The minimum absolute atomic E-state index is 0.0461. The van der Waals surface area contributed by atoms with E-state index in [-0.39, 0.29) is 24.5 Å². The summed E-state index contributed by atoms with van der Waals surface area (Å²) in [4.78, 5) is 27.3. The molecule has 1 amide bonds. The van der Waals surface area contributed by atoms with Crippen molar-refractivity contribution in [2.75, 3.05) is 7.11 Å². The standard InChI is InChI=1S/C23H27NO3/c1-16-4-5-17(2)21(14-16)22(25)12-13-23(26)24(19-8-9-19)15-18-6-10-20(27-3)11-7-18/h4-7,10-11,14,19H,8-9,12-13,15H2,1-3H3. The number of aryl methyl sites for hydroxylation is 2. The number of methoxy groups -OCH3 is 1. The lowest BCUT2D eigenvalue weighted by Gasteiger charge is -2.23. The van der Waals surface area contributed by atoms with E-state index in [0.29, 0.717) is 12.6 Å². The largest absolute Gasteiger partial charge is 0.497 e. The van der Waals surface area contributed by atoms with Gasteiger partial charge in [-0.2, -0.15) is 0 Å². The molecule has 0 spiro atoms. The van der Waals surface area contributed by atoms with Crippen molar-refractivity contribution in [2.24, 2.45) is 0 Å². The molecule has 0 radical (unpaired) electrons. The number of hydrogen-bond donors (Lipinski definition) is 0. The van der Waals surface area contributed by atoms with Gasteiger partial charge in [0.15, 0.2) is 5.78 Å². The number of ether oxygens (including phenoxy) is 1. The van der Waals surface area contributed by atoms with Crippen molar-refractivity contribution in [3.63, 3.8) is 0 Å². The van der Waals surface area contributed by atoms with E-state index in [1.807, 2.05) is 61.2 Å². The molecular formula is C23H27NO3. The summed E-state index contributed by atoms with van der Waals surface area (Å²) in [6.45, 7) is 4.50. The van der Waals surface area contributed by atoms with Gasteiger partial charge < -0.3 is 9.64 Å². The SMILES string of the molecule is COc1ccc(CN(C(=O)CCC(=O)c2cc(C)ccc2C)C2CC2)cc1. The van der Waals surface area contributed by atoms with Crippen molar-refractivity contribution >= 4 is 11.7 Å². The molecule has 2 aromatic rings. The summed E-state index contributed by atoms with van der Waals surface area (Å²) in [5, 5.41) is 0. The minimum atomic E-state index is 0.0461. The van der Waals surface area contributed by atoms with Crippen LogP contribution in [0.4, 0.5) is 0 Å². The number of nitrogens with zero attached hydrogens (tertiary/aromatic N) is 1. The van der Waals surface area contributed by atoms with Crippen LogP contribution >= 0.6 is 0 Å². The number of benzene rings is 2. The van der Waals surface area contributed by atoms with Gasteiger partial charge in [0.2, 0.25) is 5.91 Å². The molecule has 142 valence electrons. The fraction of sp³-hybridized carbons (Fsp3) is 0.391. The highest BCUT2D eigenvalue weighted by Gasteiger charge is 2.32. The van der Waals surface area contributed by atoms with Gasteiger partial charge in [0, 0.05) is 31.0 Å². The molecule has 0 N–H and O–H groups in total. The Morgan fingerprint density at radius 3 is 2.37 bits per heavy atom. The monoisotopic (exact) mass is 365 g/mol. The van der Waals surface area contributed by atoms with Gasteiger partial charge in [-0.3, -0.25) is 9.59 Å². The smallest absolute Gasteiger partial charge is 0.223 e. The molecule has 1 aliphatic rings. The predicted octanol–water partition coefficient (Wildman–Crippen LogP) is 4.47. The third-order valence-corrected chi connectivity index (χ3v) is 5.08. The molecule has 1 fully saturated rings. The van der Waals surface area contributed by atoms with E-state index in [1.54, 1.807) is 7.11 Å². The summed E-state index contributed by atoms with van der Waals surface area (Å²) < 4.78 is 5.19. The number of hydrogen-bond acceptors (Lipinski definition) is 3. The Bertz CT molecular complexity index is 822. The summed E-state index contributed by atoms with van der Waals surface area (Å²) in [6.07, 6.45) is 2.62.